The minimum Gasteiger partial charge on any atom is -0.370 e. The third-order valence-electron chi connectivity index (χ3n) is 7.14. The van der Waals surface area contributed by atoms with Crippen molar-refractivity contribution in [2.24, 2.45) is 17.8 Å². The van der Waals surface area contributed by atoms with Crippen LogP contribution in [0.1, 0.15) is 44.9 Å². The van der Waals surface area contributed by atoms with Crippen LogP contribution in [0.4, 0.5) is 11.5 Å². The van der Waals surface area contributed by atoms with Gasteiger partial charge in [0.1, 0.15) is 5.82 Å². The summed E-state index contributed by atoms with van der Waals surface area (Å²) in [6, 6.07) is 5.08. The maximum absolute atomic E-state index is 4.67. The van der Waals surface area contributed by atoms with Gasteiger partial charge in [-0.2, -0.15) is 0 Å². The lowest BCUT2D eigenvalue weighted by atomic mass is 9.53. The molecule has 130 valence electrons. The second kappa shape index (κ2) is 5.62. The average Bonchev–Trinajstić information content (AvgIpc) is 3.02. The molecule has 6 rings (SSSR count). The molecule has 0 unspecified atom stereocenters. The maximum Gasteiger partial charge on any atom is 0.128 e. The SMILES string of the molecule is CN[C@H]1CCN(c2ccnc(NC34CC5CC(CC(C5)C3)C4)c2)C1. The highest BCUT2D eigenvalue weighted by atomic mass is 15.2. The van der Waals surface area contributed by atoms with Gasteiger partial charge in [0.05, 0.1) is 0 Å². The summed E-state index contributed by atoms with van der Waals surface area (Å²) in [5, 5.41) is 7.33. The fourth-order valence-corrected chi connectivity index (χ4v) is 6.45. The summed E-state index contributed by atoms with van der Waals surface area (Å²) < 4.78 is 0. The van der Waals surface area contributed by atoms with Crippen molar-refractivity contribution in [3.8, 4) is 0 Å². The molecule has 2 N–H and O–H groups in total. The first-order valence-electron chi connectivity index (χ1n) is 9.88. The predicted octanol–water partition coefficient (Wildman–Crippen LogP) is 3.26. The van der Waals surface area contributed by atoms with Gasteiger partial charge in [-0.25, -0.2) is 4.98 Å². The van der Waals surface area contributed by atoms with E-state index in [2.05, 4.69) is 39.7 Å². The standard InChI is InChI=1S/C20H30N4/c1-21-17-3-5-24(13-17)18-2-4-22-19(9-18)23-20-10-14-6-15(11-20)8-16(7-14)12-20/h2,4,9,14-17,21H,3,5-8,10-13H2,1H3,(H,22,23)/t14?,15?,16?,17-,20?/m0/s1. The molecule has 24 heavy (non-hydrogen) atoms. The van der Waals surface area contributed by atoms with Gasteiger partial charge in [0, 0.05) is 42.6 Å². The molecule has 0 radical (unpaired) electrons. The molecule has 1 aromatic rings. The van der Waals surface area contributed by atoms with Gasteiger partial charge >= 0.3 is 0 Å². The zero-order valence-corrected chi connectivity index (χ0v) is 14.8. The number of rotatable bonds is 4. The number of pyridine rings is 1. The van der Waals surface area contributed by atoms with Crippen molar-refractivity contribution in [2.75, 3.05) is 30.4 Å². The zero-order valence-electron chi connectivity index (χ0n) is 14.8. The van der Waals surface area contributed by atoms with Crippen molar-refractivity contribution in [3.05, 3.63) is 18.3 Å². The minimum absolute atomic E-state index is 0.346. The van der Waals surface area contributed by atoms with Crippen molar-refractivity contribution in [1.29, 1.82) is 0 Å². The van der Waals surface area contributed by atoms with E-state index in [0.29, 0.717) is 11.6 Å². The molecule has 5 fully saturated rings. The second-order valence-electron chi connectivity index (χ2n) is 8.94. The van der Waals surface area contributed by atoms with E-state index in [0.717, 1.165) is 36.7 Å². The van der Waals surface area contributed by atoms with Crippen molar-refractivity contribution < 1.29 is 0 Å². The van der Waals surface area contributed by atoms with Crippen LogP contribution in [-0.4, -0.2) is 36.7 Å². The van der Waals surface area contributed by atoms with Crippen LogP contribution in [0, 0.1) is 17.8 Å². The van der Waals surface area contributed by atoms with E-state index in [1.807, 2.05) is 6.20 Å². The molecule has 4 aliphatic carbocycles. The largest absolute Gasteiger partial charge is 0.370 e. The predicted molar refractivity (Wildman–Crippen MR) is 98.4 cm³/mol. The Bertz CT molecular complexity index is 578. The van der Waals surface area contributed by atoms with E-state index >= 15 is 0 Å². The number of likely N-dealkylation sites (N-methyl/N-ethyl adjacent to an activating group) is 1. The molecule has 0 amide bonds. The number of nitrogens with one attached hydrogen (secondary N) is 2. The molecule has 1 saturated heterocycles. The van der Waals surface area contributed by atoms with Gasteiger partial charge < -0.3 is 15.5 Å². The van der Waals surface area contributed by atoms with E-state index in [4.69, 9.17) is 0 Å². The number of hydrogen-bond acceptors (Lipinski definition) is 4. The summed E-state index contributed by atoms with van der Waals surface area (Å²) in [6.45, 7) is 2.25. The molecule has 4 nitrogen and oxygen atoms in total. The fourth-order valence-electron chi connectivity index (χ4n) is 6.45. The molecule has 1 aliphatic heterocycles. The lowest BCUT2D eigenvalue weighted by Gasteiger charge is -2.57. The lowest BCUT2D eigenvalue weighted by molar-refractivity contribution is 0.0105. The summed E-state index contributed by atoms with van der Waals surface area (Å²) in [6.07, 6.45) is 11.8. The van der Waals surface area contributed by atoms with Crippen molar-refractivity contribution >= 4 is 11.5 Å². The summed E-state index contributed by atoms with van der Waals surface area (Å²) in [7, 11) is 2.07. The Morgan fingerprint density at radius 1 is 1.12 bits per heavy atom. The highest BCUT2D eigenvalue weighted by Gasteiger charge is 2.51. The Labute approximate surface area is 145 Å². The lowest BCUT2D eigenvalue weighted by Crippen LogP contribution is -2.54. The second-order valence-corrected chi connectivity index (χ2v) is 8.94. The molecule has 4 bridgehead atoms. The van der Waals surface area contributed by atoms with Crippen LogP contribution >= 0.6 is 0 Å². The highest BCUT2D eigenvalue weighted by molar-refractivity contribution is 5.55. The molecule has 1 aromatic heterocycles. The number of anilines is 2. The molecule has 4 heteroatoms. The van der Waals surface area contributed by atoms with E-state index in [-0.39, 0.29) is 0 Å². The quantitative estimate of drug-likeness (QED) is 0.891. The maximum atomic E-state index is 4.67. The van der Waals surface area contributed by atoms with E-state index in [1.165, 1.54) is 50.6 Å². The normalized spacial score (nSPS) is 40.3. The fraction of sp³-hybridized carbons (Fsp3) is 0.750. The summed E-state index contributed by atoms with van der Waals surface area (Å²) >= 11 is 0. The Morgan fingerprint density at radius 3 is 2.46 bits per heavy atom. The first-order valence-corrected chi connectivity index (χ1v) is 9.88. The first kappa shape index (κ1) is 15.0. The molecule has 2 heterocycles. The van der Waals surface area contributed by atoms with Crippen molar-refractivity contribution in [2.45, 2.75) is 56.5 Å². The number of aromatic nitrogens is 1. The van der Waals surface area contributed by atoms with Crippen LogP contribution in [-0.2, 0) is 0 Å². The molecule has 4 saturated carbocycles. The zero-order chi connectivity index (χ0) is 16.1. The third-order valence-corrected chi connectivity index (χ3v) is 7.14. The number of nitrogens with zero attached hydrogens (tertiary/aromatic N) is 2. The van der Waals surface area contributed by atoms with E-state index < -0.39 is 0 Å². The molecular formula is C20H30N4. The molecule has 1 atom stereocenters. The Kier molecular flexibility index (Phi) is 3.51. The van der Waals surface area contributed by atoms with Gasteiger partial charge in [0.25, 0.3) is 0 Å². The van der Waals surface area contributed by atoms with Crippen LogP contribution in [0.25, 0.3) is 0 Å². The van der Waals surface area contributed by atoms with Crippen LogP contribution in [0.3, 0.4) is 0 Å². The van der Waals surface area contributed by atoms with Gasteiger partial charge in [0.2, 0.25) is 0 Å². The molecule has 0 spiro atoms. The smallest absolute Gasteiger partial charge is 0.128 e. The third kappa shape index (κ3) is 2.59. The van der Waals surface area contributed by atoms with Crippen molar-refractivity contribution in [1.82, 2.24) is 10.3 Å². The summed E-state index contributed by atoms with van der Waals surface area (Å²) in [5.41, 5.74) is 1.67. The van der Waals surface area contributed by atoms with Gasteiger partial charge in [-0.3, -0.25) is 0 Å². The minimum atomic E-state index is 0.346. The molecule has 5 aliphatic rings. The van der Waals surface area contributed by atoms with Crippen LogP contribution in [0.5, 0.6) is 0 Å². The van der Waals surface area contributed by atoms with Gasteiger partial charge in [-0.15, -0.1) is 0 Å². The molecule has 0 aromatic carbocycles. The van der Waals surface area contributed by atoms with E-state index in [9.17, 15) is 0 Å². The molecular weight excluding hydrogens is 296 g/mol. The first-order chi connectivity index (χ1) is 11.7. The van der Waals surface area contributed by atoms with Crippen molar-refractivity contribution in [3.63, 3.8) is 0 Å². The number of hydrogen-bond donors (Lipinski definition) is 2. The highest BCUT2D eigenvalue weighted by Crippen LogP contribution is 2.56. The average molecular weight is 326 g/mol. The topological polar surface area (TPSA) is 40.2 Å². The monoisotopic (exact) mass is 326 g/mol. The van der Waals surface area contributed by atoms with Crippen LogP contribution < -0.4 is 15.5 Å². The Morgan fingerprint density at radius 2 is 1.83 bits per heavy atom. The van der Waals surface area contributed by atoms with Gasteiger partial charge in [-0.1, -0.05) is 0 Å². The Hall–Kier alpha value is -1.29. The van der Waals surface area contributed by atoms with Gasteiger partial charge in [0.15, 0.2) is 0 Å². The van der Waals surface area contributed by atoms with Crippen LogP contribution in [0.15, 0.2) is 18.3 Å². The van der Waals surface area contributed by atoms with Gasteiger partial charge in [-0.05, 0) is 75.8 Å². The van der Waals surface area contributed by atoms with Crippen LogP contribution in [0.2, 0.25) is 0 Å². The summed E-state index contributed by atoms with van der Waals surface area (Å²) in [5.74, 6) is 4.02. The Balaban J connectivity index is 1.34. The van der Waals surface area contributed by atoms with E-state index in [1.54, 1.807) is 0 Å². The summed E-state index contributed by atoms with van der Waals surface area (Å²) in [4.78, 5) is 7.17.